The normalized spacial score (nSPS) is 10.8. The number of nitrogens with one attached hydrogen (secondary N) is 1. The molecule has 1 aromatic heterocycles. The summed E-state index contributed by atoms with van der Waals surface area (Å²) >= 11 is 1.68. The van der Waals surface area contributed by atoms with Crippen LogP contribution in [0.25, 0.3) is 10.8 Å². The lowest BCUT2D eigenvalue weighted by molar-refractivity contribution is 0.911. The van der Waals surface area contributed by atoms with Crippen molar-refractivity contribution in [3.8, 4) is 0 Å². The van der Waals surface area contributed by atoms with E-state index in [2.05, 4.69) is 57.9 Å². The Morgan fingerprint density at radius 2 is 1.94 bits per heavy atom. The molecule has 0 saturated heterocycles. The zero-order valence-electron chi connectivity index (χ0n) is 9.13. The Morgan fingerprint density at radius 1 is 1.06 bits per heavy atom. The number of hydrogen-bond acceptors (Lipinski definition) is 3. The van der Waals surface area contributed by atoms with Crippen molar-refractivity contribution in [3.63, 3.8) is 0 Å². The van der Waals surface area contributed by atoms with Gasteiger partial charge in [0, 0.05) is 5.75 Å². The van der Waals surface area contributed by atoms with Crippen LogP contribution in [0.4, 0.5) is 0 Å². The molecule has 0 saturated carbocycles. The van der Waals surface area contributed by atoms with Crippen LogP contribution in [0.1, 0.15) is 5.56 Å². The van der Waals surface area contributed by atoms with Crippen molar-refractivity contribution in [3.05, 3.63) is 54.2 Å². The highest BCUT2D eigenvalue weighted by molar-refractivity contribution is 7.98. The highest BCUT2D eigenvalue weighted by Gasteiger charge is 2.00. The molecular weight excluding hydrogens is 230 g/mol. The summed E-state index contributed by atoms with van der Waals surface area (Å²) < 4.78 is 0. The van der Waals surface area contributed by atoms with Crippen molar-refractivity contribution in [1.29, 1.82) is 0 Å². The number of nitrogens with zero attached hydrogens (tertiary/aromatic N) is 2. The van der Waals surface area contributed by atoms with E-state index in [1.54, 1.807) is 18.0 Å². The molecule has 0 aliphatic carbocycles. The van der Waals surface area contributed by atoms with Crippen molar-refractivity contribution in [1.82, 2.24) is 15.4 Å². The van der Waals surface area contributed by atoms with Gasteiger partial charge in [0.1, 0.15) is 5.03 Å². The van der Waals surface area contributed by atoms with E-state index in [-0.39, 0.29) is 0 Å². The first-order valence-corrected chi connectivity index (χ1v) is 6.37. The second-order valence-corrected chi connectivity index (χ2v) is 4.77. The molecule has 3 rings (SSSR count). The van der Waals surface area contributed by atoms with Crippen LogP contribution in [0, 0.1) is 0 Å². The highest BCUT2D eigenvalue weighted by Crippen LogP contribution is 2.22. The largest absolute Gasteiger partial charge is 0.197 e. The Labute approximate surface area is 103 Å². The fourth-order valence-electron chi connectivity index (χ4n) is 1.75. The number of fused-ring (bicyclic) bond motifs is 1. The lowest BCUT2D eigenvalue weighted by Gasteiger charge is -2.02. The van der Waals surface area contributed by atoms with E-state index in [0.717, 1.165) is 10.8 Å². The minimum Gasteiger partial charge on any atom is -0.197 e. The van der Waals surface area contributed by atoms with Crippen LogP contribution in [-0.4, -0.2) is 15.4 Å². The topological polar surface area (TPSA) is 41.6 Å². The fourth-order valence-corrected chi connectivity index (χ4v) is 2.47. The number of aromatic nitrogens is 3. The Bertz CT molecular complexity index is 619. The van der Waals surface area contributed by atoms with E-state index in [1.807, 2.05) is 0 Å². The summed E-state index contributed by atoms with van der Waals surface area (Å²) in [5.74, 6) is 0.914. The van der Waals surface area contributed by atoms with Crippen molar-refractivity contribution in [2.75, 3.05) is 0 Å². The van der Waals surface area contributed by atoms with Gasteiger partial charge in [-0.15, -0.1) is 5.10 Å². The first kappa shape index (κ1) is 10.4. The molecule has 1 N–H and O–H groups in total. The Kier molecular flexibility index (Phi) is 2.80. The van der Waals surface area contributed by atoms with E-state index >= 15 is 0 Å². The summed E-state index contributed by atoms with van der Waals surface area (Å²) in [5.41, 5.74) is 1.30. The summed E-state index contributed by atoms with van der Waals surface area (Å²) in [6, 6.07) is 14.9. The van der Waals surface area contributed by atoms with Crippen LogP contribution in [0.3, 0.4) is 0 Å². The second-order valence-electron chi connectivity index (χ2n) is 3.78. The molecule has 0 bridgehead atoms. The van der Waals surface area contributed by atoms with Gasteiger partial charge in [0.05, 0.1) is 6.20 Å². The summed E-state index contributed by atoms with van der Waals surface area (Å²) in [7, 11) is 0. The smallest absolute Gasteiger partial charge is 0.139 e. The quantitative estimate of drug-likeness (QED) is 0.716. The number of H-pyrrole nitrogens is 1. The monoisotopic (exact) mass is 241 g/mol. The predicted octanol–water partition coefficient (Wildman–Crippen LogP) is 3.25. The zero-order chi connectivity index (χ0) is 11.5. The van der Waals surface area contributed by atoms with Crippen LogP contribution in [0.15, 0.2) is 53.7 Å². The average molecular weight is 241 g/mol. The van der Waals surface area contributed by atoms with Crippen LogP contribution in [-0.2, 0) is 5.75 Å². The molecule has 0 amide bonds. The second kappa shape index (κ2) is 4.59. The van der Waals surface area contributed by atoms with Crippen molar-refractivity contribution >= 4 is 22.5 Å². The van der Waals surface area contributed by atoms with Crippen LogP contribution >= 0.6 is 11.8 Å². The third-order valence-corrected chi connectivity index (χ3v) is 3.56. The molecule has 3 aromatic rings. The molecule has 0 spiro atoms. The molecular formula is C13H11N3S. The van der Waals surface area contributed by atoms with Gasteiger partial charge in [-0.1, -0.05) is 54.2 Å². The fraction of sp³-hybridized carbons (Fsp3) is 0.0769. The maximum Gasteiger partial charge on any atom is 0.139 e. The SMILES string of the molecule is c1ccc2cc(CSc3cn[nH]n3)ccc2c1. The number of hydrogen-bond donors (Lipinski definition) is 1. The molecule has 0 fully saturated rings. The average Bonchev–Trinajstić information content (AvgIpc) is 2.89. The first-order valence-electron chi connectivity index (χ1n) is 5.38. The standard InChI is InChI=1S/C13H11N3S/c1-2-4-12-7-10(5-6-11(12)3-1)9-17-13-8-14-16-15-13/h1-8H,9H2,(H,14,15,16). The summed E-state index contributed by atoms with van der Waals surface area (Å²) in [6.07, 6.45) is 1.74. The number of benzene rings is 2. The highest BCUT2D eigenvalue weighted by atomic mass is 32.2. The lowest BCUT2D eigenvalue weighted by Crippen LogP contribution is -1.81. The van der Waals surface area contributed by atoms with Gasteiger partial charge >= 0.3 is 0 Å². The van der Waals surface area contributed by atoms with E-state index < -0.39 is 0 Å². The Hall–Kier alpha value is -1.81. The number of aromatic amines is 1. The van der Waals surface area contributed by atoms with Crippen molar-refractivity contribution in [2.24, 2.45) is 0 Å². The maximum absolute atomic E-state index is 4.02. The maximum atomic E-state index is 4.02. The molecule has 1 heterocycles. The molecule has 0 aliphatic rings. The van der Waals surface area contributed by atoms with E-state index in [1.165, 1.54) is 16.3 Å². The van der Waals surface area contributed by atoms with Gasteiger partial charge in [-0.2, -0.15) is 10.3 Å². The van der Waals surface area contributed by atoms with Gasteiger partial charge in [0.25, 0.3) is 0 Å². The molecule has 4 heteroatoms. The molecule has 0 radical (unpaired) electrons. The number of thioether (sulfide) groups is 1. The molecule has 2 aromatic carbocycles. The molecule has 17 heavy (non-hydrogen) atoms. The third-order valence-electron chi connectivity index (χ3n) is 2.59. The van der Waals surface area contributed by atoms with Gasteiger partial charge in [-0.25, -0.2) is 0 Å². The van der Waals surface area contributed by atoms with Crippen LogP contribution in [0.5, 0.6) is 0 Å². The molecule has 0 aliphatic heterocycles. The molecule has 3 nitrogen and oxygen atoms in total. The van der Waals surface area contributed by atoms with E-state index in [0.29, 0.717) is 0 Å². The lowest BCUT2D eigenvalue weighted by atomic mass is 10.1. The van der Waals surface area contributed by atoms with Gasteiger partial charge in [-0.05, 0) is 16.3 Å². The van der Waals surface area contributed by atoms with Crippen molar-refractivity contribution in [2.45, 2.75) is 10.8 Å². The minimum atomic E-state index is 0.914. The Morgan fingerprint density at radius 3 is 2.76 bits per heavy atom. The Balaban J connectivity index is 1.81. The van der Waals surface area contributed by atoms with Gasteiger partial charge < -0.3 is 0 Å². The third kappa shape index (κ3) is 2.31. The zero-order valence-corrected chi connectivity index (χ0v) is 9.95. The minimum absolute atomic E-state index is 0.914. The van der Waals surface area contributed by atoms with E-state index in [4.69, 9.17) is 0 Å². The van der Waals surface area contributed by atoms with Crippen LogP contribution in [0.2, 0.25) is 0 Å². The summed E-state index contributed by atoms with van der Waals surface area (Å²) in [5, 5.41) is 13.9. The van der Waals surface area contributed by atoms with Gasteiger partial charge in [0.15, 0.2) is 0 Å². The summed E-state index contributed by atoms with van der Waals surface area (Å²) in [4.78, 5) is 0. The van der Waals surface area contributed by atoms with Gasteiger partial charge in [-0.3, -0.25) is 0 Å². The van der Waals surface area contributed by atoms with Crippen molar-refractivity contribution < 1.29 is 0 Å². The number of rotatable bonds is 3. The molecule has 84 valence electrons. The van der Waals surface area contributed by atoms with E-state index in [9.17, 15) is 0 Å². The van der Waals surface area contributed by atoms with Gasteiger partial charge in [0.2, 0.25) is 0 Å². The molecule has 0 atom stereocenters. The predicted molar refractivity (Wildman–Crippen MR) is 69.9 cm³/mol. The first-order chi connectivity index (χ1) is 8.42. The summed E-state index contributed by atoms with van der Waals surface area (Å²) in [6.45, 7) is 0. The molecule has 0 unspecified atom stereocenters. The van der Waals surface area contributed by atoms with Crippen LogP contribution < -0.4 is 0 Å².